The Hall–Kier alpha value is -1.69. The smallest absolute Gasteiger partial charge is 0.299 e. The van der Waals surface area contributed by atoms with Crippen molar-refractivity contribution in [2.75, 3.05) is 18.5 Å². The maximum atomic E-state index is 11.9. The van der Waals surface area contributed by atoms with E-state index in [1.54, 1.807) is 25.2 Å². The number of benzene rings is 1. The molecular formula is C13H13BrN2O3. The fraction of sp³-hybridized carbons (Fsp3) is 0.308. The molecule has 2 rings (SSSR count). The number of rotatable bonds is 4. The van der Waals surface area contributed by atoms with Crippen LogP contribution in [-0.4, -0.2) is 31.2 Å². The summed E-state index contributed by atoms with van der Waals surface area (Å²) in [6.07, 6.45) is 0.856. The number of amides is 2. The lowest BCUT2D eigenvalue weighted by molar-refractivity contribution is -0.121. The molecule has 1 aromatic rings. The van der Waals surface area contributed by atoms with Gasteiger partial charge in [-0.1, -0.05) is 15.9 Å². The van der Waals surface area contributed by atoms with Gasteiger partial charge in [0.2, 0.25) is 5.91 Å². The van der Waals surface area contributed by atoms with Crippen LogP contribution in [0.5, 0.6) is 0 Å². The first-order valence-electron chi connectivity index (χ1n) is 5.91. The largest absolute Gasteiger partial charge is 0.359 e. The molecule has 0 unspecified atom stereocenters. The number of carbonyl (C=O) groups is 3. The molecule has 0 atom stereocenters. The molecule has 0 fully saturated rings. The van der Waals surface area contributed by atoms with Crippen molar-refractivity contribution in [1.82, 2.24) is 5.32 Å². The summed E-state index contributed by atoms with van der Waals surface area (Å²) in [5, 5.41) is 2.52. The average molecular weight is 325 g/mol. The molecule has 1 aromatic carbocycles. The Morgan fingerprint density at radius 3 is 2.79 bits per heavy atom. The van der Waals surface area contributed by atoms with Crippen molar-refractivity contribution < 1.29 is 14.4 Å². The summed E-state index contributed by atoms with van der Waals surface area (Å²) in [5.41, 5.74) is 1.04. The summed E-state index contributed by atoms with van der Waals surface area (Å²) >= 11 is 3.28. The number of nitrogens with zero attached hydrogens (tertiary/aromatic N) is 1. The van der Waals surface area contributed by atoms with E-state index in [1.165, 1.54) is 4.90 Å². The highest BCUT2D eigenvalue weighted by Crippen LogP contribution is 2.31. The second-order valence-electron chi connectivity index (χ2n) is 4.22. The molecule has 0 aromatic heterocycles. The molecule has 2 amide bonds. The van der Waals surface area contributed by atoms with Gasteiger partial charge in [0.1, 0.15) is 0 Å². The third kappa shape index (κ3) is 2.68. The van der Waals surface area contributed by atoms with Crippen LogP contribution in [0.4, 0.5) is 5.69 Å². The number of anilines is 1. The highest BCUT2D eigenvalue weighted by Gasteiger charge is 2.35. The molecule has 1 aliphatic rings. The number of ketones is 1. The normalized spacial score (nSPS) is 13.7. The molecule has 0 saturated carbocycles. The van der Waals surface area contributed by atoms with Gasteiger partial charge in [0.25, 0.3) is 11.7 Å². The molecule has 1 N–H and O–H groups in total. The highest BCUT2D eigenvalue weighted by molar-refractivity contribution is 9.10. The van der Waals surface area contributed by atoms with E-state index in [0.29, 0.717) is 30.6 Å². The summed E-state index contributed by atoms with van der Waals surface area (Å²) in [6.45, 7) is 0.368. The summed E-state index contributed by atoms with van der Waals surface area (Å²) in [6, 6.07) is 5.17. The minimum absolute atomic E-state index is 0.0750. The average Bonchev–Trinajstić information content (AvgIpc) is 2.63. The fourth-order valence-corrected chi connectivity index (χ4v) is 2.38. The Morgan fingerprint density at radius 1 is 1.37 bits per heavy atom. The van der Waals surface area contributed by atoms with Gasteiger partial charge in [-0.25, -0.2) is 0 Å². The number of carbonyl (C=O) groups excluding carboxylic acids is 3. The Bertz CT molecular complexity index is 557. The van der Waals surface area contributed by atoms with E-state index >= 15 is 0 Å². The van der Waals surface area contributed by atoms with Crippen LogP contribution in [0.25, 0.3) is 0 Å². The van der Waals surface area contributed by atoms with Crippen LogP contribution in [0.15, 0.2) is 22.7 Å². The van der Waals surface area contributed by atoms with Gasteiger partial charge < -0.3 is 10.2 Å². The van der Waals surface area contributed by atoms with Crippen LogP contribution in [0.3, 0.4) is 0 Å². The quantitative estimate of drug-likeness (QED) is 0.853. The zero-order valence-electron chi connectivity index (χ0n) is 10.4. The molecule has 100 valence electrons. The van der Waals surface area contributed by atoms with Gasteiger partial charge in [0.15, 0.2) is 0 Å². The van der Waals surface area contributed by atoms with Crippen LogP contribution in [-0.2, 0) is 9.59 Å². The third-order valence-electron chi connectivity index (χ3n) is 3.00. The molecule has 1 aliphatic heterocycles. The molecular weight excluding hydrogens is 312 g/mol. The highest BCUT2D eigenvalue weighted by atomic mass is 79.9. The lowest BCUT2D eigenvalue weighted by Crippen LogP contribution is -2.31. The number of halogens is 1. The summed E-state index contributed by atoms with van der Waals surface area (Å²) in [7, 11) is 1.57. The van der Waals surface area contributed by atoms with Gasteiger partial charge in [-0.05, 0) is 24.6 Å². The summed E-state index contributed by atoms with van der Waals surface area (Å²) in [5.74, 6) is -1.09. The van der Waals surface area contributed by atoms with Crippen LogP contribution >= 0.6 is 15.9 Å². The third-order valence-corrected chi connectivity index (χ3v) is 3.49. The number of hydrogen-bond acceptors (Lipinski definition) is 3. The van der Waals surface area contributed by atoms with Gasteiger partial charge >= 0.3 is 0 Å². The molecule has 0 spiro atoms. The van der Waals surface area contributed by atoms with E-state index in [-0.39, 0.29) is 5.91 Å². The Morgan fingerprint density at radius 2 is 2.11 bits per heavy atom. The minimum Gasteiger partial charge on any atom is -0.359 e. The van der Waals surface area contributed by atoms with E-state index in [0.717, 1.165) is 4.47 Å². The first kappa shape index (κ1) is 13.7. The Kier molecular flexibility index (Phi) is 3.99. The molecule has 0 aliphatic carbocycles. The van der Waals surface area contributed by atoms with Crippen LogP contribution in [0, 0.1) is 0 Å². The molecule has 1 heterocycles. The summed E-state index contributed by atoms with van der Waals surface area (Å²) in [4.78, 5) is 36.3. The predicted molar refractivity (Wildman–Crippen MR) is 74.1 cm³/mol. The first-order valence-corrected chi connectivity index (χ1v) is 6.70. The molecule has 0 saturated heterocycles. The second-order valence-corrected chi connectivity index (χ2v) is 5.14. The van der Waals surface area contributed by atoms with Crippen LogP contribution in [0.1, 0.15) is 23.2 Å². The zero-order chi connectivity index (χ0) is 14.0. The van der Waals surface area contributed by atoms with Gasteiger partial charge in [-0.3, -0.25) is 14.4 Å². The van der Waals surface area contributed by atoms with Crippen LogP contribution in [0.2, 0.25) is 0 Å². The van der Waals surface area contributed by atoms with Gasteiger partial charge in [0, 0.05) is 24.5 Å². The molecule has 0 bridgehead atoms. The van der Waals surface area contributed by atoms with Crippen molar-refractivity contribution in [3.05, 3.63) is 28.2 Å². The minimum atomic E-state index is -0.523. The van der Waals surface area contributed by atoms with E-state index in [2.05, 4.69) is 21.2 Å². The summed E-state index contributed by atoms with van der Waals surface area (Å²) < 4.78 is 0.764. The second kappa shape index (κ2) is 5.52. The Labute approximate surface area is 119 Å². The van der Waals surface area contributed by atoms with E-state index < -0.39 is 11.7 Å². The SMILES string of the molecule is CNC(=O)CCCN1C(=O)C(=O)c2cc(Br)ccc21. The first-order chi connectivity index (χ1) is 9.04. The van der Waals surface area contributed by atoms with Crippen molar-refractivity contribution >= 4 is 39.2 Å². The van der Waals surface area contributed by atoms with Crippen molar-refractivity contribution in [3.63, 3.8) is 0 Å². The number of Topliss-reactive ketones (excluding diaryl/α,β-unsaturated/α-hetero) is 1. The van der Waals surface area contributed by atoms with E-state index in [1.807, 2.05) is 0 Å². The van der Waals surface area contributed by atoms with Gasteiger partial charge in [-0.15, -0.1) is 0 Å². The monoisotopic (exact) mass is 324 g/mol. The number of nitrogens with one attached hydrogen (secondary N) is 1. The van der Waals surface area contributed by atoms with E-state index in [4.69, 9.17) is 0 Å². The number of hydrogen-bond donors (Lipinski definition) is 1. The zero-order valence-corrected chi connectivity index (χ0v) is 12.0. The molecule has 19 heavy (non-hydrogen) atoms. The van der Waals surface area contributed by atoms with Crippen LogP contribution < -0.4 is 10.2 Å². The van der Waals surface area contributed by atoms with Crippen molar-refractivity contribution in [2.45, 2.75) is 12.8 Å². The van der Waals surface area contributed by atoms with Gasteiger partial charge in [-0.2, -0.15) is 0 Å². The fourth-order valence-electron chi connectivity index (χ4n) is 2.02. The molecule has 0 radical (unpaired) electrons. The maximum absolute atomic E-state index is 11.9. The number of fused-ring (bicyclic) bond motifs is 1. The van der Waals surface area contributed by atoms with Crippen molar-refractivity contribution in [2.24, 2.45) is 0 Å². The van der Waals surface area contributed by atoms with E-state index in [9.17, 15) is 14.4 Å². The van der Waals surface area contributed by atoms with Gasteiger partial charge in [0.05, 0.1) is 11.3 Å². The molecule has 6 heteroatoms. The van der Waals surface area contributed by atoms with Crippen molar-refractivity contribution in [1.29, 1.82) is 0 Å². The maximum Gasteiger partial charge on any atom is 0.299 e. The predicted octanol–water partition coefficient (Wildman–Crippen LogP) is 1.50. The lowest BCUT2D eigenvalue weighted by atomic mass is 10.1. The topological polar surface area (TPSA) is 66.5 Å². The standard InChI is InChI=1S/C13H13BrN2O3/c1-15-11(17)3-2-6-16-10-5-4-8(14)7-9(10)12(18)13(16)19/h4-5,7H,2-3,6H2,1H3,(H,15,17). The Balaban J connectivity index is 2.13. The van der Waals surface area contributed by atoms with Crippen molar-refractivity contribution in [3.8, 4) is 0 Å². The lowest BCUT2D eigenvalue weighted by Gasteiger charge is -2.16. The molecule has 5 nitrogen and oxygen atoms in total.